The number of rotatable bonds is 10. The van der Waals surface area contributed by atoms with Crippen molar-refractivity contribution >= 4 is 27.5 Å². The van der Waals surface area contributed by atoms with Crippen molar-refractivity contribution in [3.8, 4) is 0 Å². The second-order valence-electron chi connectivity index (χ2n) is 8.99. The third kappa shape index (κ3) is 7.38. The molecule has 3 rings (SSSR count). The lowest BCUT2D eigenvalue weighted by atomic mass is 10.1. The van der Waals surface area contributed by atoms with E-state index in [9.17, 15) is 31.2 Å². The molecule has 0 saturated heterocycles. The Morgan fingerprint density at radius 1 is 0.949 bits per heavy atom. The van der Waals surface area contributed by atoms with Crippen LogP contribution >= 0.6 is 0 Å². The molecule has 208 valence electrons. The quantitative estimate of drug-likeness (QED) is 0.397. The van der Waals surface area contributed by atoms with Gasteiger partial charge in [-0.1, -0.05) is 54.1 Å². The van der Waals surface area contributed by atoms with Gasteiger partial charge in [0, 0.05) is 13.6 Å². The largest absolute Gasteiger partial charge is 0.416 e. The molecule has 3 aromatic rings. The number of carbonyl (C=O) groups is 2. The van der Waals surface area contributed by atoms with Crippen LogP contribution in [0.3, 0.4) is 0 Å². The molecule has 0 spiro atoms. The number of halogens is 3. The zero-order valence-electron chi connectivity index (χ0n) is 21.8. The molecule has 1 atom stereocenters. The van der Waals surface area contributed by atoms with Crippen LogP contribution in [0, 0.1) is 6.92 Å². The number of alkyl halides is 3. The predicted octanol–water partition coefficient (Wildman–Crippen LogP) is 4.41. The van der Waals surface area contributed by atoms with Crippen molar-refractivity contribution < 1.29 is 31.2 Å². The van der Waals surface area contributed by atoms with Crippen LogP contribution in [-0.2, 0) is 32.2 Å². The number of aryl methyl sites for hydroxylation is 1. The highest BCUT2D eigenvalue weighted by Gasteiger charge is 2.35. The summed E-state index contributed by atoms with van der Waals surface area (Å²) in [5, 5.41) is 2.48. The molecule has 11 heteroatoms. The van der Waals surface area contributed by atoms with E-state index < -0.39 is 46.2 Å². The molecular weight excluding hydrogens is 531 g/mol. The van der Waals surface area contributed by atoms with Crippen molar-refractivity contribution in [2.24, 2.45) is 0 Å². The minimum absolute atomic E-state index is 0.0818. The molecule has 39 heavy (non-hydrogen) atoms. The maximum atomic E-state index is 13.7. The molecule has 0 aliphatic heterocycles. The Balaban J connectivity index is 2.04. The first-order valence-electron chi connectivity index (χ1n) is 12.2. The molecule has 0 radical (unpaired) electrons. The van der Waals surface area contributed by atoms with Crippen LogP contribution in [0.1, 0.15) is 23.6 Å². The minimum atomic E-state index is -4.73. The summed E-state index contributed by atoms with van der Waals surface area (Å²) in [6.07, 6.45) is -4.35. The molecule has 0 saturated carbocycles. The fourth-order valence-corrected chi connectivity index (χ4v) is 5.39. The van der Waals surface area contributed by atoms with Gasteiger partial charge in [0.1, 0.15) is 12.6 Å². The minimum Gasteiger partial charge on any atom is -0.357 e. The zero-order chi connectivity index (χ0) is 28.8. The van der Waals surface area contributed by atoms with Crippen LogP contribution in [0.5, 0.6) is 0 Å². The standard InChI is InChI=1S/C28H30F3N3O4S/c1-20-12-14-25(15-13-20)39(37,38)34(24-11-7-10-23(18-24)28(29,30)31)19-26(35)33(21(2)27(36)32-3)17-16-22-8-5-4-6-9-22/h4-15,18,21H,16-17,19H2,1-3H3,(H,32,36)/t21-/m1/s1. The fourth-order valence-electron chi connectivity index (χ4n) is 3.98. The Bertz CT molecular complexity index is 1400. The third-order valence-corrected chi connectivity index (χ3v) is 8.04. The molecule has 7 nitrogen and oxygen atoms in total. The van der Waals surface area contributed by atoms with Gasteiger partial charge in [-0.2, -0.15) is 13.2 Å². The highest BCUT2D eigenvalue weighted by atomic mass is 32.2. The topological polar surface area (TPSA) is 86.8 Å². The summed E-state index contributed by atoms with van der Waals surface area (Å²) in [5.41, 5.74) is 0.286. The van der Waals surface area contributed by atoms with Gasteiger partial charge in [-0.3, -0.25) is 13.9 Å². The summed E-state index contributed by atoms with van der Waals surface area (Å²) in [7, 11) is -3.05. The van der Waals surface area contributed by atoms with Crippen LogP contribution in [0.2, 0.25) is 0 Å². The molecule has 0 aliphatic carbocycles. The third-order valence-electron chi connectivity index (χ3n) is 6.25. The first kappa shape index (κ1) is 29.7. The molecule has 0 bridgehead atoms. The number of sulfonamides is 1. The highest BCUT2D eigenvalue weighted by Crippen LogP contribution is 2.33. The van der Waals surface area contributed by atoms with Gasteiger partial charge in [0.15, 0.2) is 0 Å². The van der Waals surface area contributed by atoms with Crippen LogP contribution in [0.4, 0.5) is 18.9 Å². The molecular formula is C28H30F3N3O4S. The molecule has 0 heterocycles. The van der Waals surface area contributed by atoms with E-state index in [1.165, 1.54) is 37.1 Å². The van der Waals surface area contributed by atoms with Gasteiger partial charge in [-0.25, -0.2) is 8.42 Å². The molecule has 0 unspecified atom stereocenters. The van der Waals surface area contributed by atoms with E-state index in [4.69, 9.17) is 0 Å². The Labute approximate surface area is 226 Å². The van der Waals surface area contributed by atoms with Gasteiger partial charge in [0.2, 0.25) is 11.8 Å². The lowest BCUT2D eigenvalue weighted by Gasteiger charge is -2.32. The summed E-state index contributed by atoms with van der Waals surface area (Å²) in [5.74, 6) is -1.21. The number of hydrogen-bond donors (Lipinski definition) is 1. The number of hydrogen-bond acceptors (Lipinski definition) is 4. The lowest BCUT2D eigenvalue weighted by molar-refractivity contribution is -0.138. The summed E-state index contributed by atoms with van der Waals surface area (Å²) in [4.78, 5) is 27.2. The average molecular weight is 562 g/mol. The van der Waals surface area contributed by atoms with Gasteiger partial charge in [0.25, 0.3) is 10.0 Å². The Kier molecular flexibility index (Phi) is 9.39. The van der Waals surface area contributed by atoms with E-state index in [1.54, 1.807) is 19.1 Å². The van der Waals surface area contributed by atoms with Crippen molar-refractivity contribution in [2.75, 3.05) is 24.4 Å². The smallest absolute Gasteiger partial charge is 0.357 e. The van der Waals surface area contributed by atoms with Crippen molar-refractivity contribution in [1.29, 1.82) is 0 Å². The van der Waals surface area contributed by atoms with Gasteiger partial charge in [-0.05, 0) is 56.2 Å². The first-order valence-corrected chi connectivity index (χ1v) is 13.6. The number of anilines is 1. The van der Waals surface area contributed by atoms with E-state index in [2.05, 4.69) is 5.32 Å². The van der Waals surface area contributed by atoms with Crippen molar-refractivity contribution in [2.45, 2.75) is 37.4 Å². The number of benzene rings is 3. The van der Waals surface area contributed by atoms with Crippen LogP contribution < -0.4 is 9.62 Å². The van der Waals surface area contributed by atoms with E-state index >= 15 is 0 Å². The van der Waals surface area contributed by atoms with Crippen molar-refractivity contribution in [1.82, 2.24) is 10.2 Å². The molecule has 3 aromatic carbocycles. The summed E-state index contributed by atoms with van der Waals surface area (Å²) >= 11 is 0. The van der Waals surface area contributed by atoms with Crippen LogP contribution in [0.25, 0.3) is 0 Å². The normalized spacial score (nSPS) is 12.5. The van der Waals surface area contributed by atoms with Gasteiger partial charge in [-0.15, -0.1) is 0 Å². The maximum Gasteiger partial charge on any atom is 0.416 e. The predicted molar refractivity (Wildman–Crippen MR) is 143 cm³/mol. The summed E-state index contributed by atoms with van der Waals surface area (Å²) in [6, 6.07) is 17.8. The van der Waals surface area contributed by atoms with Crippen LogP contribution in [-0.4, -0.2) is 51.3 Å². The summed E-state index contributed by atoms with van der Waals surface area (Å²) < 4.78 is 68.5. The first-order chi connectivity index (χ1) is 18.3. The Morgan fingerprint density at radius 3 is 2.18 bits per heavy atom. The summed E-state index contributed by atoms with van der Waals surface area (Å²) in [6.45, 7) is 2.53. The van der Waals surface area contributed by atoms with E-state index in [1.807, 2.05) is 30.3 Å². The number of carbonyl (C=O) groups excluding carboxylic acids is 2. The van der Waals surface area contributed by atoms with Crippen LogP contribution in [0.15, 0.2) is 83.8 Å². The Hall–Kier alpha value is -3.86. The van der Waals surface area contributed by atoms with E-state index in [-0.39, 0.29) is 17.1 Å². The number of likely N-dealkylation sites (N-methyl/N-ethyl adjacent to an activating group) is 1. The second kappa shape index (κ2) is 12.3. The SMILES string of the molecule is CNC(=O)[C@@H](C)N(CCc1ccccc1)C(=O)CN(c1cccc(C(F)(F)F)c1)S(=O)(=O)c1ccc(C)cc1. The van der Waals surface area contributed by atoms with E-state index in [0.717, 1.165) is 23.3 Å². The molecule has 2 amide bonds. The number of nitrogens with one attached hydrogen (secondary N) is 1. The molecule has 0 fully saturated rings. The maximum absolute atomic E-state index is 13.7. The number of nitrogens with zero attached hydrogens (tertiary/aromatic N) is 2. The molecule has 0 aliphatic rings. The zero-order valence-corrected chi connectivity index (χ0v) is 22.6. The Morgan fingerprint density at radius 2 is 1.59 bits per heavy atom. The van der Waals surface area contributed by atoms with Crippen molar-refractivity contribution in [3.63, 3.8) is 0 Å². The number of amides is 2. The second-order valence-corrected chi connectivity index (χ2v) is 10.8. The molecule has 1 N–H and O–H groups in total. The van der Waals surface area contributed by atoms with Gasteiger partial charge >= 0.3 is 6.18 Å². The highest BCUT2D eigenvalue weighted by molar-refractivity contribution is 7.92. The van der Waals surface area contributed by atoms with Gasteiger partial charge < -0.3 is 10.2 Å². The monoisotopic (exact) mass is 561 g/mol. The van der Waals surface area contributed by atoms with E-state index in [0.29, 0.717) is 16.8 Å². The fraction of sp³-hybridized carbons (Fsp3) is 0.286. The lowest BCUT2D eigenvalue weighted by Crippen LogP contribution is -2.51. The average Bonchev–Trinajstić information content (AvgIpc) is 2.91. The molecule has 0 aromatic heterocycles. The van der Waals surface area contributed by atoms with Gasteiger partial charge in [0.05, 0.1) is 16.1 Å². The van der Waals surface area contributed by atoms with Crippen molar-refractivity contribution in [3.05, 3.63) is 95.6 Å².